The third-order valence-corrected chi connectivity index (χ3v) is 8.25. The Morgan fingerprint density at radius 3 is 2.55 bits per heavy atom. The minimum Gasteiger partial charge on any atom is -0.495 e. The quantitative estimate of drug-likeness (QED) is 0.629. The molecule has 2 aromatic rings. The third kappa shape index (κ3) is 4.84. The zero-order chi connectivity index (χ0) is 21.8. The van der Waals surface area contributed by atoms with E-state index in [0.29, 0.717) is 45.0 Å². The van der Waals surface area contributed by atoms with E-state index in [-0.39, 0.29) is 23.0 Å². The lowest BCUT2D eigenvalue weighted by Crippen LogP contribution is -2.49. The third-order valence-electron chi connectivity index (χ3n) is 5.49. The van der Waals surface area contributed by atoms with Gasteiger partial charge in [0.25, 0.3) is 0 Å². The molecule has 3 heterocycles. The van der Waals surface area contributed by atoms with Crippen LogP contribution >= 0.6 is 11.3 Å². The fourth-order valence-electron chi connectivity index (χ4n) is 3.76. The van der Waals surface area contributed by atoms with E-state index in [9.17, 15) is 13.2 Å². The summed E-state index contributed by atoms with van der Waals surface area (Å²) in [6.07, 6.45) is 1.93. The van der Waals surface area contributed by atoms with Gasteiger partial charge in [-0.3, -0.25) is 4.79 Å². The van der Waals surface area contributed by atoms with Crippen LogP contribution in [-0.2, 0) is 26.0 Å². The molecule has 0 unspecified atom stereocenters. The Kier molecular flexibility index (Phi) is 6.75. The molecule has 1 amide bonds. The molecule has 2 aliphatic heterocycles. The fourth-order valence-corrected chi connectivity index (χ4v) is 6.08. The van der Waals surface area contributed by atoms with E-state index in [1.54, 1.807) is 35.7 Å². The highest BCUT2D eigenvalue weighted by Gasteiger charge is 2.30. The van der Waals surface area contributed by atoms with Crippen LogP contribution < -0.4 is 9.64 Å². The van der Waals surface area contributed by atoms with Crippen LogP contribution in [0.2, 0.25) is 0 Å². The van der Waals surface area contributed by atoms with Crippen LogP contribution in [-0.4, -0.2) is 88.1 Å². The first kappa shape index (κ1) is 22.0. The summed E-state index contributed by atoms with van der Waals surface area (Å²) < 4.78 is 38.3. The highest BCUT2D eigenvalue weighted by molar-refractivity contribution is 7.89. The molecule has 168 valence electrons. The molecular formula is C20H26N4O5S2. The van der Waals surface area contributed by atoms with E-state index in [4.69, 9.17) is 9.47 Å². The molecule has 0 saturated carbocycles. The van der Waals surface area contributed by atoms with Crippen molar-refractivity contribution < 1.29 is 22.7 Å². The van der Waals surface area contributed by atoms with Crippen molar-refractivity contribution in [3.05, 3.63) is 35.3 Å². The summed E-state index contributed by atoms with van der Waals surface area (Å²) in [4.78, 5) is 21.3. The molecule has 2 saturated heterocycles. The van der Waals surface area contributed by atoms with Gasteiger partial charge < -0.3 is 19.3 Å². The van der Waals surface area contributed by atoms with Gasteiger partial charge in [-0.15, -0.1) is 11.3 Å². The van der Waals surface area contributed by atoms with E-state index < -0.39 is 10.0 Å². The van der Waals surface area contributed by atoms with Crippen molar-refractivity contribution >= 4 is 32.4 Å². The number of benzene rings is 1. The van der Waals surface area contributed by atoms with Crippen molar-refractivity contribution in [2.75, 3.05) is 64.5 Å². The number of piperazine rings is 1. The number of carbonyl (C=O) groups is 1. The predicted octanol–water partition coefficient (Wildman–Crippen LogP) is 1.06. The summed E-state index contributed by atoms with van der Waals surface area (Å²) in [5, 5.41) is 2.92. The largest absolute Gasteiger partial charge is 0.495 e. The smallest absolute Gasteiger partial charge is 0.246 e. The Morgan fingerprint density at radius 1 is 1.16 bits per heavy atom. The molecule has 0 aliphatic carbocycles. The monoisotopic (exact) mass is 466 g/mol. The molecule has 1 aromatic heterocycles. The summed E-state index contributed by atoms with van der Waals surface area (Å²) in [5.41, 5.74) is 0.653. The zero-order valence-corrected chi connectivity index (χ0v) is 19.0. The zero-order valence-electron chi connectivity index (χ0n) is 17.4. The summed E-state index contributed by atoms with van der Waals surface area (Å²) in [6, 6.07) is 4.94. The summed E-state index contributed by atoms with van der Waals surface area (Å²) in [7, 11) is -2.28. The molecular weight excluding hydrogens is 440 g/mol. The Morgan fingerprint density at radius 2 is 1.90 bits per heavy atom. The number of morpholine rings is 1. The molecule has 0 spiro atoms. The standard InChI is InChI=1S/C20H26N4O5S2/c1-28-17-3-2-16(14-18(17)31(26,27)24-9-11-29-12-10-24)15-19(25)22-5-7-23(8-6-22)20-21-4-13-30-20/h2-4,13-14H,5-12,15H2,1H3. The number of amides is 1. The summed E-state index contributed by atoms with van der Waals surface area (Å²) in [5.74, 6) is 0.262. The van der Waals surface area contributed by atoms with E-state index in [1.807, 2.05) is 10.3 Å². The van der Waals surface area contributed by atoms with Crippen molar-refractivity contribution in [2.45, 2.75) is 11.3 Å². The Hall–Kier alpha value is -2.21. The van der Waals surface area contributed by atoms with Crippen molar-refractivity contribution in [2.24, 2.45) is 0 Å². The van der Waals surface area contributed by atoms with Gasteiger partial charge in [-0.05, 0) is 17.7 Å². The highest BCUT2D eigenvalue weighted by Crippen LogP contribution is 2.29. The van der Waals surface area contributed by atoms with Crippen LogP contribution in [0.15, 0.2) is 34.7 Å². The van der Waals surface area contributed by atoms with Gasteiger partial charge in [-0.1, -0.05) is 6.07 Å². The van der Waals surface area contributed by atoms with Crippen molar-refractivity contribution in [1.82, 2.24) is 14.2 Å². The number of hydrogen-bond donors (Lipinski definition) is 0. The van der Waals surface area contributed by atoms with E-state index in [1.165, 1.54) is 11.4 Å². The number of methoxy groups -OCH3 is 1. The molecule has 0 bridgehead atoms. The predicted molar refractivity (Wildman–Crippen MR) is 117 cm³/mol. The first-order valence-corrected chi connectivity index (χ1v) is 12.5. The maximum absolute atomic E-state index is 13.1. The van der Waals surface area contributed by atoms with Gasteiger partial charge in [0.1, 0.15) is 10.6 Å². The molecule has 0 N–H and O–H groups in total. The molecule has 0 atom stereocenters. The number of ether oxygens (including phenoxy) is 2. The number of nitrogens with zero attached hydrogens (tertiary/aromatic N) is 4. The van der Waals surface area contributed by atoms with Crippen molar-refractivity contribution in [3.8, 4) is 5.75 Å². The number of aromatic nitrogens is 1. The lowest BCUT2D eigenvalue weighted by atomic mass is 10.1. The highest BCUT2D eigenvalue weighted by atomic mass is 32.2. The molecule has 1 aromatic carbocycles. The second-order valence-corrected chi connectivity index (χ2v) is 10.1. The summed E-state index contributed by atoms with van der Waals surface area (Å²) in [6.45, 7) is 4.05. The normalized spacial score (nSPS) is 18.2. The average molecular weight is 467 g/mol. The first-order chi connectivity index (χ1) is 15.0. The van der Waals surface area contributed by atoms with Crippen molar-refractivity contribution in [1.29, 1.82) is 0 Å². The van der Waals surface area contributed by atoms with Crippen molar-refractivity contribution in [3.63, 3.8) is 0 Å². The van der Waals surface area contributed by atoms with Gasteiger partial charge in [0, 0.05) is 50.8 Å². The minimum absolute atomic E-state index is 0.0151. The molecule has 2 fully saturated rings. The molecule has 2 aliphatic rings. The maximum Gasteiger partial charge on any atom is 0.246 e. The van der Waals surface area contributed by atoms with E-state index in [2.05, 4.69) is 9.88 Å². The second kappa shape index (κ2) is 9.51. The maximum atomic E-state index is 13.1. The molecule has 31 heavy (non-hydrogen) atoms. The van der Waals surface area contributed by atoms with Crippen LogP contribution in [0.25, 0.3) is 0 Å². The number of carbonyl (C=O) groups excluding carboxylic acids is 1. The van der Waals surface area contributed by atoms with E-state index in [0.717, 1.165) is 18.2 Å². The van der Waals surface area contributed by atoms with Crippen LogP contribution in [0.5, 0.6) is 5.75 Å². The fraction of sp³-hybridized carbons (Fsp3) is 0.500. The number of sulfonamides is 1. The summed E-state index contributed by atoms with van der Waals surface area (Å²) >= 11 is 1.59. The van der Waals surface area contributed by atoms with Gasteiger partial charge >= 0.3 is 0 Å². The molecule has 4 rings (SSSR count). The van der Waals surface area contributed by atoms with Crippen LogP contribution in [0.3, 0.4) is 0 Å². The average Bonchev–Trinajstić information content (AvgIpc) is 3.35. The van der Waals surface area contributed by atoms with Gasteiger partial charge in [0.15, 0.2) is 5.13 Å². The number of anilines is 1. The molecule has 9 nitrogen and oxygen atoms in total. The second-order valence-electron chi connectivity index (χ2n) is 7.36. The Labute approximate surface area is 186 Å². The van der Waals surface area contributed by atoms with Crippen LogP contribution in [0, 0.1) is 0 Å². The molecule has 11 heteroatoms. The Bertz CT molecular complexity index is 999. The van der Waals surface area contributed by atoms with Gasteiger partial charge in [0.2, 0.25) is 15.9 Å². The topological polar surface area (TPSA) is 92.3 Å². The Balaban J connectivity index is 1.45. The number of hydrogen-bond acceptors (Lipinski definition) is 8. The number of thiazole rings is 1. The van der Waals surface area contributed by atoms with Crippen LogP contribution in [0.4, 0.5) is 5.13 Å². The van der Waals surface area contributed by atoms with Gasteiger partial charge in [-0.25, -0.2) is 13.4 Å². The molecule has 0 radical (unpaired) electrons. The van der Waals surface area contributed by atoms with E-state index >= 15 is 0 Å². The lowest BCUT2D eigenvalue weighted by molar-refractivity contribution is -0.130. The SMILES string of the molecule is COc1ccc(CC(=O)N2CCN(c3nccs3)CC2)cc1S(=O)(=O)N1CCOCC1. The minimum atomic E-state index is -3.73. The van der Waals surface area contributed by atoms with Gasteiger partial charge in [-0.2, -0.15) is 4.31 Å². The number of rotatable bonds is 6. The van der Waals surface area contributed by atoms with Crippen LogP contribution in [0.1, 0.15) is 5.56 Å². The van der Waals surface area contributed by atoms with Gasteiger partial charge in [0.05, 0.1) is 26.7 Å². The first-order valence-electron chi connectivity index (χ1n) is 10.2. The lowest BCUT2D eigenvalue weighted by Gasteiger charge is -2.34.